The monoisotopic (exact) mass is 382 g/mol. The molecule has 6 nitrogen and oxygen atoms in total. The van der Waals surface area contributed by atoms with Crippen LogP contribution in [0, 0.1) is 0 Å². The second-order valence-corrected chi connectivity index (χ2v) is 7.34. The molecule has 0 saturated carbocycles. The Hall–Kier alpha value is -1.44. The third-order valence-corrected chi connectivity index (χ3v) is 5.72. The Bertz CT molecular complexity index is 674. The van der Waals surface area contributed by atoms with Crippen LogP contribution in [0.3, 0.4) is 0 Å². The first kappa shape index (κ1) is 18.4. The van der Waals surface area contributed by atoms with Gasteiger partial charge in [-0.2, -0.15) is 0 Å². The number of piperidine rings is 1. The number of carbonyl (C=O) groups excluding carboxylic acids is 1. The number of aromatic nitrogens is 1. The molecular weight excluding hydrogens is 360 g/mol. The molecule has 8 heteroatoms. The van der Waals surface area contributed by atoms with Crippen molar-refractivity contribution < 1.29 is 9.53 Å². The Kier molecular flexibility index (Phi) is 6.09. The van der Waals surface area contributed by atoms with Gasteiger partial charge in [-0.15, -0.1) is 11.3 Å². The summed E-state index contributed by atoms with van der Waals surface area (Å²) in [5.41, 5.74) is 1.52. The molecule has 3 rings (SSSR count). The molecule has 0 bridgehead atoms. The van der Waals surface area contributed by atoms with Crippen molar-refractivity contribution in [2.24, 2.45) is 4.99 Å². The molecule has 1 aromatic heterocycles. The van der Waals surface area contributed by atoms with Crippen molar-refractivity contribution in [1.29, 1.82) is 0 Å². The summed E-state index contributed by atoms with van der Waals surface area (Å²) in [6.07, 6.45) is 3.91. The largest absolute Gasteiger partial charge is 0.375 e. The van der Waals surface area contributed by atoms with E-state index < -0.39 is 0 Å². The molecule has 2 aliphatic heterocycles. The molecule has 2 aliphatic rings. The average Bonchev–Trinajstić information content (AvgIpc) is 3.26. The van der Waals surface area contributed by atoms with E-state index in [1.807, 2.05) is 25.4 Å². The van der Waals surface area contributed by atoms with Gasteiger partial charge < -0.3 is 15.0 Å². The fourth-order valence-electron chi connectivity index (χ4n) is 3.18. The van der Waals surface area contributed by atoms with Crippen LogP contribution < -0.4 is 10.2 Å². The van der Waals surface area contributed by atoms with E-state index in [9.17, 15) is 4.79 Å². The third-order valence-electron chi connectivity index (χ3n) is 4.54. The van der Waals surface area contributed by atoms with E-state index in [0.717, 1.165) is 36.6 Å². The molecular formula is C17H23ClN4O2S. The van der Waals surface area contributed by atoms with Crippen molar-refractivity contribution in [1.82, 2.24) is 10.3 Å². The van der Waals surface area contributed by atoms with Crippen LogP contribution in [0.15, 0.2) is 27.3 Å². The van der Waals surface area contributed by atoms with Gasteiger partial charge in [-0.05, 0) is 25.3 Å². The molecule has 1 saturated heterocycles. The Balaban J connectivity index is 1.62. The van der Waals surface area contributed by atoms with Crippen molar-refractivity contribution in [2.45, 2.75) is 45.3 Å². The highest BCUT2D eigenvalue weighted by atomic mass is 35.5. The predicted octanol–water partition coefficient (Wildman–Crippen LogP) is 2.95. The number of rotatable bonds is 6. The number of allylic oxidation sites excluding steroid dienone is 1. The fraction of sp³-hybridized carbons (Fsp3) is 0.588. The van der Waals surface area contributed by atoms with Crippen LogP contribution in [0.25, 0.3) is 0 Å². The van der Waals surface area contributed by atoms with Gasteiger partial charge in [0.1, 0.15) is 10.9 Å². The SMILES string of the molecule is CCO[C@H]1CN(c2nccs2)CC[C@H]1NC(=O)C1=NC(Cl)=C(CC)C1. The lowest BCUT2D eigenvalue weighted by atomic mass is 10.0. The van der Waals surface area contributed by atoms with Gasteiger partial charge in [0.15, 0.2) is 5.13 Å². The number of halogens is 1. The minimum absolute atomic E-state index is 0.0317. The number of nitrogens with one attached hydrogen (secondary N) is 1. The molecule has 0 aliphatic carbocycles. The smallest absolute Gasteiger partial charge is 0.266 e. The lowest BCUT2D eigenvalue weighted by Crippen LogP contribution is -2.56. The molecule has 136 valence electrons. The first-order valence-corrected chi connectivity index (χ1v) is 9.90. The number of nitrogens with zero attached hydrogens (tertiary/aromatic N) is 3. The molecule has 1 N–H and O–H groups in total. The number of anilines is 1. The maximum atomic E-state index is 12.6. The summed E-state index contributed by atoms with van der Waals surface area (Å²) in [5, 5.41) is 6.54. The highest BCUT2D eigenvalue weighted by molar-refractivity contribution is 7.13. The summed E-state index contributed by atoms with van der Waals surface area (Å²) in [5.74, 6) is -0.140. The molecule has 0 aromatic carbocycles. The number of hydrogen-bond donors (Lipinski definition) is 1. The van der Waals surface area contributed by atoms with Crippen LogP contribution >= 0.6 is 22.9 Å². The Morgan fingerprint density at radius 3 is 3.00 bits per heavy atom. The Morgan fingerprint density at radius 1 is 1.52 bits per heavy atom. The van der Waals surface area contributed by atoms with Gasteiger partial charge in [0.25, 0.3) is 5.91 Å². The molecule has 0 unspecified atom stereocenters. The average molecular weight is 383 g/mol. The van der Waals surface area contributed by atoms with Gasteiger partial charge >= 0.3 is 0 Å². The molecule has 0 spiro atoms. The van der Waals surface area contributed by atoms with Crippen molar-refractivity contribution in [3.05, 3.63) is 22.3 Å². The van der Waals surface area contributed by atoms with Crippen LogP contribution in [-0.2, 0) is 9.53 Å². The van der Waals surface area contributed by atoms with E-state index in [0.29, 0.717) is 23.9 Å². The Labute approximate surface area is 156 Å². The quantitative estimate of drug-likeness (QED) is 0.768. The lowest BCUT2D eigenvalue weighted by molar-refractivity contribution is -0.117. The van der Waals surface area contributed by atoms with Gasteiger partial charge in [0.05, 0.1) is 12.1 Å². The summed E-state index contributed by atoms with van der Waals surface area (Å²) < 4.78 is 5.89. The van der Waals surface area contributed by atoms with Crippen molar-refractivity contribution in [3.8, 4) is 0 Å². The van der Waals surface area contributed by atoms with Gasteiger partial charge in [-0.25, -0.2) is 9.98 Å². The minimum atomic E-state index is -0.140. The van der Waals surface area contributed by atoms with E-state index >= 15 is 0 Å². The highest BCUT2D eigenvalue weighted by Gasteiger charge is 2.33. The number of carbonyl (C=O) groups is 1. The van der Waals surface area contributed by atoms with Crippen LogP contribution in [0.4, 0.5) is 5.13 Å². The zero-order valence-electron chi connectivity index (χ0n) is 14.5. The molecule has 3 heterocycles. The maximum absolute atomic E-state index is 12.6. The van der Waals surface area contributed by atoms with Crippen molar-refractivity contribution >= 4 is 39.7 Å². The van der Waals surface area contributed by atoms with Crippen LogP contribution in [0.2, 0.25) is 0 Å². The van der Waals surface area contributed by atoms with E-state index in [4.69, 9.17) is 16.3 Å². The van der Waals surface area contributed by atoms with Gasteiger partial charge in [0, 0.05) is 37.7 Å². The summed E-state index contributed by atoms with van der Waals surface area (Å²) >= 11 is 7.71. The summed E-state index contributed by atoms with van der Waals surface area (Å²) in [6, 6.07) is -0.0317. The number of amides is 1. The summed E-state index contributed by atoms with van der Waals surface area (Å²) in [4.78, 5) is 23.4. The Morgan fingerprint density at radius 2 is 2.36 bits per heavy atom. The van der Waals surface area contributed by atoms with E-state index in [1.165, 1.54) is 0 Å². The van der Waals surface area contributed by atoms with Gasteiger partial charge in [-0.3, -0.25) is 4.79 Å². The molecule has 1 amide bonds. The maximum Gasteiger partial charge on any atom is 0.266 e. The van der Waals surface area contributed by atoms with Gasteiger partial charge in [-0.1, -0.05) is 18.5 Å². The molecule has 1 aromatic rings. The summed E-state index contributed by atoms with van der Waals surface area (Å²) in [6.45, 7) is 6.16. The van der Waals surface area contributed by atoms with Crippen molar-refractivity contribution in [2.75, 3.05) is 24.6 Å². The fourth-order valence-corrected chi connectivity index (χ4v) is 4.16. The zero-order chi connectivity index (χ0) is 17.8. The standard InChI is InChI=1S/C17H23ClN4O2S/c1-3-11-9-13(20-15(11)18)16(23)21-12-5-7-22(10-14(12)24-4-2)17-19-6-8-25-17/h6,8,12,14H,3-5,7,9-10H2,1-2H3,(H,21,23)/t12-,14+/m1/s1. The highest BCUT2D eigenvalue weighted by Crippen LogP contribution is 2.26. The molecule has 2 atom stereocenters. The van der Waals surface area contributed by atoms with Gasteiger partial charge in [0.2, 0.25) is 0 Å². The second-order valence-electron chi connectivity index (χ2n) is 6.11. The first-order valence-electron chi connectivity index (χ1n) is 8.64. The lowest BCUT2D eigenvalue weighted by Gasteiger charge is -2.38. The van der Waals surface area contributed by atoms with E-state index in [2.05, 4.69) is 20.2 Å². The third kappa shape index (κ3) is 4.22. The van der Waals surface area contributed by atoms with Crippen molar-refractivity contribution in [3.63, 3.8) is 0 Å². The molecule has 25 heavy (non-hydrogen) atoms. The normalized spacial score (nSPS) is 23.8. The van der Waals surface area contributed by atoms with Crippen LogP contribution in [0.1, 0.15) is 33.1 Å². The topological polar surface area (TPSA) is 66.8 Å². The summed E-state index contributed by atoms with van der Waals surface area (Å²) in [7, 11) is 0. The number of hydrogen-bond acceptors (Lipinski definition) is 6. The second kappa shape index (κ2) is 8.29. The molecule has 1 fully saturated rings. The van der Waals surface area contributed by atoms with E-state index in [1.54, 1.807) is 11.3 Å². The minimum Gasteiger partial charge on any atom is -0.375 e. The first-order chi connectivity index (χ1) is 12.1. The number of thiazole rings is 1. The van der Waals surface area contributed by atoms with E-state index in [-0.39, 0.29) is 18.1 Å². The molecule has 0 radical (unpaired) electrons. The van der Waals surface area contributed by atoms with Crippen LogP contribution in [0.5, 0.6) is 0 Å². The zero-order valence-corrected chi connectivity index (χ0v) is 16.1. The van der Waals surface area contributed by atoms with Crippen LogP contribution in [-0.4, -0.2) is 48.4 Å². The number of aliphatic imine (C=N–C) groups is 1. The number of ether oxygens (including phenoxy) is 1. The predicted molar refractivity (Wildman–Crippen MR) is 102 cm³/mol.